The molecule has 78 valence electrons. The zero-order valence-corrected chi connectivity index (χ0v) is 8.74. The summed E-state index contributed by atoms with van der Waals surface area (Å²) in [6.07, 6.45) is -0.691. The Bertz CT molecular complexity index is 436. The van der Waals surface area contributed by atoms with Crippen molar-refractivity contribution in [3.05, 3.63) is 47.7 Å². The normalized spacial score (nSPS) is 24.9. The van der Waals surface area contributed by atoms with Gasteiger partial charge in [-0.25, -0.2) is 4.79 Å². The van der Waals surface area contributed by atoms with Crippen LogP contribution in [0.3, 0.4) is 0 Å². The fraction of sp³-hybridized carbons (Fsp3) is 0.250. The fourth-order valence-corrected chi connectivity index (χ4v) is 1.60. The Labute approximate surface area is 88.3 Å². The second kappa shape index (κ2) is 3.12. The molecule has 2 rings (SSSR count). The van der Waals surface area contributed by atoms with Gasteiger partial charge in [0.1, 0.15) is 0 Å². The van der Waals surface area contributed by atoms with E-state index in [2.05, 4.69) is 6.58 Å². The van der Waals surface area contributed by atoms with Gasteiger partial charge >= 0.3 is 6.16 Å². The number of rotatable bonds is 1. The van der Waals surface area contributed by atoms with Crippen LogP contribution in [-0.4, -0.2) is 6.16 Å². The quantitative estimate of drug-likeness (QED) is 0.660. The topological polar surface area (TPSA) is 35.5 Å². The van der Waals surface area contributed by atoms with Crippen LogP contribution in [0.2, 0.25) is 0 Å². The van der Waals surface area contributed by atoms with E-state index in [-0.39, 0.29) is 0 Å². The lowest BCUT2D eigenvalue weighted by Gasteiger charge is -2.21. The summed E-state index contributed by atoms with van der Waals surface area (Å²) in [6.45, 7) is 7.45. The number of aryl methyl sites for hydroxylation is 1. The molecule has 0 saturated carbocycles. The molecule has 1 saturated heterocycles. The molecule has 1 atom stereocenters. The van der Waals surface area contributed by atoms with E-state index < -0.39 is 11.8 Å². The minimum atomic E-state index is -0.858. The Morgan fingerprint density at radius 1 is 1.40 bits per heavy atom. The maximum absolute atomic E-state index is 11.0. The van der Waals surface area contributed by atoms with Crippen molar-refractivity contribution in [2.45, 2.75) is 19.4 Å². The number of cyclic esters (lactones) is 2. The number of carbonyl (C=O) groups is 1. The van der Waals surface area contributed by atoms with Crippen LogP contribution in [-0.2, 0) is 15.1 Å². The molecule has 1 fully saturated rings. The van der Waals surface area contributed by atoms with Crippen molar-refractivity contribution >= 4 is 6.16 Å². The summed E-state index contributed by atoms with van der Waals surface area (Å²) in [4.78, 5) is 11.0. The highest BCUT2D eigenvalue weighted by molar-refractivity contribution is 5.67. The number of carbonyl (C=O) groups excluding carboxylic acids is 1. The van der Waals surface area contributed by atoms with E-state index in [1.54, 1.807) is 6.92 Å². The standard InChI is InChI=1S/C12H12O3/c1-8-5-4-6-10(7-8)12(3)9(2)14-11(13)15-12/h4-7H,2H2,1,3H3. The highest BCUT2D eigenvalue weighted by Gasteiger charge is 2.43. The smallest absolute Gasteiger partial charge is 0.415 e. The number of hydrogen-bond donors (Lipinski definition) is 0. The maximum atomic E-state index is 11.0. The Morgan fingerprint density at radius 2 is 2.13 bits per heavy atom. The van der Waals surface area contributed by atoms with E-state index in [1.165, 1.54) is 0 Å². The molecule has 0 bridgehead atoms. The molecular formula is C12H12O3. The van der Waals surface area contributed by atoms with Crippen LogP contribution in [0.15, 0.2) is 36.6 Å². The van der Waals surface area contributed by atoms with E-state index >= 15 is 0 Å². The van der Waals surface area contributed by atoms with Crippen molar-refractivity contribution in [1.29, 1.82) is 0 Å². The number of ether oxygens (including phenoxy) is 2. The first-order valence-electron chi connectivity index (χ1n) is 4.70. The molecule has 0 radical (unpaired) electrons. The van der Waals surface area contributed by atoms with Crippen LogP contribution >= 0.6 is 0 Å². The molecule has 1 aliphatic rings. The largest absolute Gasteiger partial charge is 0.515 e. The second-order valence-corrected chi connectivity index (χ2v) is 3.78. The van der Waals surface area contributed by atoms with Crippen molar-refractivity contribution in [2.24, 2.45) is 0 Å². The van der Waals surface area contributed by atoms with Gasteiger partial charge in [-0.15, -0.1) is 0 Å². The van der Waals surface area contributed by atoms with Gasteiger partial charge in [0.15, 0.2) is 11.4 Å². The molecule has 15 heavy (non-hydrogen) atoms. The molecule has 0 amide bonds. The van der Waals surface area contributed by atoms with Crippen molar-refractivity contribution in [2.75, 3.05) is 0 Å². The van der Waals surface area contributed by atoms with Crippen molar-refractivity contribution in [3.63, 3.8) is 0 Å². The van der Waals surface area contributed by atoms with Gasteiger partial charge in [-0.05, 0) is 13.8 Å². The fourth-order valence-electron chi connectivity index (χ4n) is 1.60. The molecule has 1 aromatic carbocycles. The van der Waals surface area contributed by atoms with Crippen molar-refractivity contribution in [3.8, 4) is 0 Å². The first-order valence-corrected chi connectivity index (χ1v) is 4.70. The Hall–Kier alpha value is -1.77. The molecule has 1 heterocycles. The van der Waals surface area contributed by atoms with E-state index in [4.69, 9.17) is 9.47 Å². The Balaban J connectivity index is 2.46. The summed E-state index contributed by atoms with van der Waals surface area (Å²) < 4.78 is 9.96. The first kappa shape index (κ1) is 9.77. The van der Waals surface area contributed by atoms with Crippen LogP contribution < -0.4 is 0 Å². The summed E-state index contributed by atoms with van der Waals surface area (Å²) in [5.74, 6) is 0.332. The summed E-state index contributed by atoms with van der Waals surface area (Å²) in [5, 5.41) is 0. The zero-order chi connectivity index (χ0) is 11.1. The molecule has 0 aliphatic carbocycles. The van der Waals surface area contributed by atoms with Crippen LogP contribution in [0.4, 0.5) is 4.79 Å². The number of benzene rings is 1. The Kier molecular flexibility index (Phi) is 2.03. The lowest BCUT2D eigenvalue weighted by molar-refractivity contribution is 0.0756. The molecule has 3 heteroatoms. The van der Waals surface area contributed by atoms with E-state index in [1.807, 2.05) is 31.2 Å². The van der Waals surface area contributed by atoms with Crippen LogP contribution in [0.5, 0.6) is 0 Å². The van der Waals surface area contributed by atoms with Crippen LogP contribution in [0, 0.1) is 6.92 Å². The van der Waals surface area contributed by atoms with Gasteiger partial charge in [0.2, 0.25) is 0 Å². The molecule has 0 aromatic heterocycles. The average Bonchev–Trinajstić information content (AvgIpc) is 2.42. The van der Waals surface area contributed by atoms with Gasteiger partial charge in [0, 0.05) is 5.56 Å². The predicted octanol–water partition coefficient (Wildman–Crippen LogP) is 2.89. The van der Waals surface area contributed by atoms with Gasteiger partial charge in [-0.1, -0.05) is 36.4 Å². The minimum Gasteiger partial charge on any atom is -0.415 e. The van der Waals surface area contributed by atoms with Gasteiger partial charge in [-0.3, -0.25) is 0 Å². The SMILES string of the molecule is C=C1OC(=O)OC1(C)c1cccc(C)c1. The highest BCUT2D eigenvalue weighted by atomic mass is 16.8. The van der Waals surface area contributed by atoms with Gasteiger partial charge < -0.3 is 9.47 Å². The summed E-state index contributed by atoms with van der Waals surface area (Å²) in [5.41, 5.74) is 1.12. The van der Waals surface area contributed by atoms with E-state index in [0.717, 1.165) is 11.1 Å². The third-order valence-electron chi connectivity index (χ3n) is 2.60. The van der Waals surface area contributed by atoms with E-state index in [9.17, 15) is 4.79 Å². The average molecular weight is 204 g/mol. The van der Waals surface area contributed by atoms with Crippen LogP contribution in [0.1, 0.15) is 18.1 Å². The Morgan fingerprint density at radius 3 is 2.67 bits per heavy atom. The summed E-state index contributed by atoms with van der Waals surface area (Å²) in [6, 6.07) is 7.73. The summed E-state index contributed by atoms with van der Waals surface area (Å²) >= 11 is 0. The van der Waals surface area contributed by atoms with Crippen LogP contribution in [0.25, 0.3) is 0 Å². The molecule has 1 unspecified atom stereocenters. The lowest BCUT2D eigenvalue weighted by Crippen LogP contribution is -2.22. The molecular weight excluding hydrogens is 192 g/mol. The van der Waals surface area contributed by atoms with Gasteiger partial charge in [-0.2, -0.15) is 0 Å². The third kappa shape index (κ3) is 1.50. The molecule has 1 aliphatic heterocycles. The first-order chi connectivity index (χ1) is 7.02. The molecule has 0 spiro atoms. The monoisotopic (exact) mass is 204 g/mol. The lowest BCUT2D eigenvalue weighted by atomic mass is 9.93. The highest BCUT2D eigenvalue weighted by Crippen LogP contribution is 2.38. The van der Waals surface area contributed by atoms with E-state index in [0.29, 0.717) is 5.76 Å². The maximum Gasteiger partial charge on any atom is 0.515 e. The van der Waals surface area contributed by atoms with Crippen molar-refractivity contribution in [1.82, 2.24) is 0 Å². The van der Waals surface area contributed by atoms with Gasteiger partial charge in [0.05, 0.1) is 0 Å². The predicted molar refractivity (Wildman–Crippen MR) is 55.2 cm³/mol. The van der Waals surface area contributed by atoms with Crippen molar-refractivity contribution < 1.29 is 14.3 Å². The third-order valence-corrected chi connectivity index (χ3v) is 2.60. The molecule has 0 N–H and O–H groups in total. The molecule has 1 aromatic rings. The zero-order valence-electron chi connectivity index (χ0n) is 8.74. The summed E-state index contributed by atoms with van der Waals surface area (Å²) in [7, 11) is 0. The molecule has 3 nitrogen and oxygen atoms in total. The minimum absolute atomic E-state index is 0.332. The number of hydrogen-bond acceptors (Lipinski definition) is 3. The van der Waals surface area contributed by atoms with Gasteiger partial charge in [0.25, 0.3) is 0 Å². The second-order valence-electron chi connectivity index (χ2n) is 3.78.